The highest BCUT2D eigenvalue weighted by Gasteiger charge is 2.25. The van der Waals surface area contributed by atoms with Crippen molar-refractivity contribution < 1.29 is 43.2 Å². The molecule has 1 aliphatic rings. The number of esters is 1. The Balaban J connectivity index is 2.08. The zero-order valence-corrected chi connectivity index (χ0v) is 22.5. The van der Waals surface area contributed by atoms with Crippen LogP contribution in [-0.2, 0) is 38.1 Å². The molecule has 0 aromatic heterocycles. The molecular formula is C27H47NO9. The molecule has 0 aromatic carbocycles. The second kappa shape index (κ2) is 21.1. The summed E-state index contributed by atoms with van der Waals surface area (Å²) in [6, 6.07) is 0. The molecule has 3 N–H and O–H groups in total. The lowest BCUT2D eigenvalue weighted by Gasteiger charge is -2.26. The summed E-state index contributed by atoms with van der Waals surface area (Å²) < 4.78 is 20.4. The molecule has 0 heterocycles. The molecule has 0 aliphatic heterocycles. The fourth-order valence-corrected chi connectivity index (χ4v) is 4.45. The molecular weight excluding hydrogens is 482 g/mol. The van der Waals surface area contributed by atoms with Crippen LogP contribution in [0.4, 0.5) is 0 Å². The highest BCUT2D eigenvalue weighted by Crippen LogP contribution is 2.30. The number of carbonyl (C=O) groups excluding carboxylic acids is 4. The van der Waals surface area contributed by atoms with E-state index >= 15 is 0 Å². The van der Waals surface area contributed by atoms with Gasteiger partial charge >= 0.3 is 5.97 Å². The number of hydrogen-bond acceptors (Lipinski definition) is 9. The molecule has 1 aliphatic carbocycles. The number of carbonyl (C=O) groups is 4. The Hall–Kier alpha value is -1.88. The molecule has 10 nitrogen and oxygen atoms in total. The average Bonchev–Trinajstić information content (AvgIpc) is 2.88. The number of hydrogen-bond donors (Lipinski definition) is 2. The van der Waals surface area contributed by atoms with E-state index in [2.05, 4.69) is 0 Å². The predicted octanol–water partition coefficient (Wildman–Crippen LogP) is 2.51. The van der Waals surface area contributed by atoms with Crippen molar-refractivity contribution in [2.24, 2.45) is 17.6 Å². The Morgan fingerprint density at radius 1 is 0.811 bits per heavy atom. The Morgan fingerprint density at radius 3 is 2.00 bits per heavy atom. The van der Waals surface area contributed by atoms with Crippen molar-refractivity contribution in [2.45, 2.75) is 89.6 Å². The summed E-state index contributed by atoms with van der Waals surface area (Å²) in [5, 5.41) is 10.3. The lowest BCUT2D eigenvalue weighted by molar-refractivity contribution is -0.146. The summed E-state index contributed by atoms with van der Waals surface area (Å²) in [6.07, 6.45) is 6.48. The van der Waals surface area contributed by atoms with Crippen LogP contribution < -0.4 is 5.73 Å². The van der Waals surface area contributed by atoms with Crippen molar-refractivity contribution in [1.29, 1.82) is 0 Å². The second-order valence-electron chi connectivity index (χ2n) is 9.78. The molecule has 0 bridgehead atoms. The maximum Gasteiger partial charge on any atom is 0.306 e. The van der Waals surface area contributed by atoms with Crippen LogP contribution in [0.15, 0.2) is 0 Å². The standard InChI is InChI=1S/C27H47NO9/c1-34-13-14-35-15-16-36-17-18-37-26(32)12-11-24(30)8-7-23(29)9-10-25(31)20-22(27(28)33)19-21-5-3-2-4-6-21/h21-22,25,31H,2-20H2,1H3,(H2,28,33). The Bertz CT molecular complexity index is 664. The van der Waals surface area contributed by atoms with Crippen LogP contribution in [0, 0.1) is 11.8 Å². The number of amides is 1. The second-order valence-corrected chi connectivity index (χ2v) is 9.78. The number of rotatable bonds is 23. The summed E-state index contributed by atoms with van der Waals surface area (Å²) in [4.78, 5) is 47.7. The minimum absolute atomic E-state index is 0.0182. The largest absolute Gasteiger partial charge is 0.463 e. The van der Waals surface area contributed by atoms with E-state index in [-0.39, 0.29) is 75.6 Å². The molecule has 214 valence electrons. The molecule has 10 heteroatoms. The van der Waals surface area contributed by atoms with E-state index < -0.39 is 18.0 Å². The Labute approximate surface area is 220 Å². The minimum Gasteiger partial charge on any atom is -0.463 e. The summed E-state index contributed by atoms with van der Waals surface area (Å²) >= 11 is 0. The smallest absolute Gasteiger partial charge is 0.306 e. The third-order valence-electron chi connectivity index (χ3n) is 6.64. The third kappa shape index (κ3) is 18.1. The first-order valence-electron chi connectivity index (χ1n) is 13.6. The molecule has 2 unspecified atom stereocenters. The van der Waals surface area contributed by atoms with E-state index in [9.17, 15) is 24.3 Å². The van der Waals surface area contributed by atoms with Gasteiger partial charge in [0.15, 0.2) is 0 Å². The number of ketones is 2. The van der Waals surface area contributed by atoms with Gasteiger partial charge in [-0.3, -0.25) is 19.2 Å². The van der Waals surface area contributed by atoms with E-state index in [0.29, 0.717) is 38.8 Å². The summed E-state index contributed by atoms with van der Waals surface area (Å²) in [6.45, 7) is 2.17. The van der Waals surface area contributed by atoms with Crippen LogP contribution in [0.3, 0.4) is 0 Å². The number of nitrogens with two attached hydrogens (primary N) is 1. The van der Waals surface area contributed by atoms with Gasteiger partial charge in [0.2, 0.25) is 5.91 Å². The van der Waals surface area contributed by atoms with Crippen LogP contribution in [0.2, 0.25) is 0 Å². The van der Waals surface area contributed by atoms with E-state index in [0.717, 1.165) is 12.8 Å². The maximum absolute atomic E-state index is 12.2. The highest BCUT2D eigenvalue weighted by atomic mass is 16.6. The van der Waals surface area contributed by atoms with E-state index in [1.165, 1.54) is 19.3 Å². The van der Waals surface area contributed by atoms with Gasteiger partial charge in [0.05, 0.1) is 45.6 Å². The predicted molar refractivity (Wildman–Crippen MR) is 137 cm³/mol. The van der Waals surface area contributed by atoms with Gasteiger partial charge in [0.1, 0.15) is 18.2 Å². The molecule has 37 heavy (non-hydrogen) atoms. The normalized spacial score (nSPS) is 15.7. The van der Waals surface area contributed by atoms with Crippen LogP contribution in [-0.4, -0.2) is 81.4 Å². The molecule has 2 atom stereocenters. The van der Waals surface area contributed by atoms with Gasteiger partial charge in [0.25, 0.3) is 0 Å². The molecule has 1 saturated carbocycles. The lowest BCUT2D eigenvalue weighted by Crippen LogP contribution is -2.29. The molecule has 0 radical (unpaired) electrons. The van der Waals surface area contributed by atoms with E-state index in [4.69, 9.17) is 24.7 Å². The number of aliphatic hydroxyl groups excluding tert-OH is 1. The van der Waals surface area contributed by atoms with Crippen molar-refractivity contribution in [3.63, 3.8) is 0 Å². The highest BCUT2D eigenvalue weighted by molar-refractivity contribution is 5.87. The topological polar surface area (TPSA) is 151 Å². The first-order chi connectivity index (χ1) is 17.8. The number of methoxy groups -OCH3 is 1. The summed E-state index contributed by atoms with van der Waals surface area (Å²) in [7, 11) is 1.60. The fourth-order valence-electron chi connectivity index (χ4n) is 4.45. The SMILES string of the molecule is COCCOCCOCCOC(=O)CCC(=O)CCC(=O)CCC(O)CC(CC1CCCCC1)C(N)=O. The van der Waals surface area contributed by atoms with Gasteiger partial charge in [-0.05, 0) is 25.2 Å². The van der Waals surface area contributed by atoms with Crippen molar-refractivity contribution in [1.82, 2.24) is 0 Å². The van der Waals surface area contributed by atoms with Gasteiger partial charge in [-0.1, -0.05) is 32.1 Å². The van der Waals surface area contributed by atoms with Gasteiger partial charge < -0.3 is 29.8 Å². The number of aliphatic hydroxyl groups is 1. The van der Waals surface area contributed by atoms with Crippen molar-refractivity contribution >= 4 is 23.4 Å². The summed E-state index contributed by atoms with van der Waals surface area (Å²) in [5.74, 6) is -1.08. The van der Waals surface area contributed by atoms with Gasteiger partial charge in [-0.2, -0.15) is 0 Å². The molecule has 1 amide bonds. The minimum atomic E-state index is -0.775. The van der Waals surface area contributed by atoms with Crippen molar-refractivity contribution in [2.75, 3.05) is 46.8 Å². The molecule has 0 spiro atoms. The average molecular weight is 530 g/mol. The molecule has 0 aromatic rings. The van der Waals surface area contributed by atoms with E-state index in [1.54, 1.807) is 7.11 Å². The zero-order valence-electron chi connectivity index (χ0n) is 22.5. The summed E-state index contributed by atoms with van der Waals surface area (Å²) in [5.41, 5.74) is 5.55. The van der Waals surface area contributed by atoms with Gasteiger partial charge in [-0.25, -0.2) is 0 Å². The van der Waals surface area contributed by atoms with Crippen LogP contribution in [0.5, 0.6) is 0 Å². The number of Topliss-reactive ketones (excluding diaryl/α,β-unsaturated/α-hetero) is 2. The van der Waals surface area contributed by atoms with Crippen molar-refractivity contribution in [3.8, 4) is 0 Å². The first kappa shape index (κ1) is 33.1. The molecule has 1 fully saturated rings. The fraction of sp³-hybridized carbons (Fsp3) is 0.852. The molecule has 1 rings (SSSR count). The van der Waals surface area contributed by atoms with Crippen LogP contribution in [0.25, 0.3) is 0 Å². The Morgan fingerprint density at radius 2 is 1.38 bits per heavy atom. The van der Waals surface area contributed by atoms with Crippen LogP contribution >= 0.6 is 0 Å². The maximum atomic E-state index is 12.2. The first-order valence-corrected chi connectivity index (χ1v) is 13.6. The van der Waals surface area contributed by atoms with Crippen LogP contribution in [0.1, 0.15) is 83.5 Å². The third-order valence-corrected chi connectivity index (χ3v) is 6.64. The monoisotopic (exact) mass is 529 g/mol. The van der Waals surface area contributed by atoms with Gasteiger partial charge in [-0.15, -0.1) is 0 Å². The quantitative estimate of drug-likeness (QED) is 0.150. The number of primary amides is 1. The van der Waals surface area contributed by atoms with E-state index in [1.807, 2.05) is 0 Å². The van der Waals surface area contributed by atoms with Crippen molar-refractivity contribution in [3.05, 3.63) is 0 Å². The zero-order chi connectivity index (χ0) is 27.3. The lowest BCUT2D eigenvalue weighted by atomic mass is 9.80. The Kier molecular flexibility index (Phi) is 18.9. The number of ether oxygens (including phenoxy) is 4. The van der Waals surface area contributed by atoms with Gasteiger partial charge in [0, 0.05) is 38.7 Å². The molecule has 0 saturated heterocycles.